The monoisotopic (exact) mass is 644 g/mol. The van der Waals surface area contributed by atoms with E-state index < -0.39 is 42.0 Å². The predicted molar refractivity (Wildman–Crippen MR) is 134 cm³/mol. The third-order valence-electron chi connectivity index (χ3n) is 7.93. The van der Waals surface area contributed by atoms with Crippen LogP contribution in [-0.4, -0.2) is 55.9 Å². The van der Waals surface area contributed by atoms with Gasteiger partial charge in [-0.3, -0.25) is 0 Å². The first-order valence-electron chi connectivity index (χ1n) is 12.3. The van der Waals surface area contributed by atoms with Gasteiger partial charge >= 0.3 is 228 Å². The summed E-state index contributed by atoms with van der Waals surface area (Å²) in [6, 6.07) is 6.48. The molecule has 4 aliphatic rings. The molecule has 4 aliphatic carbocycles. The van der Waals surface area contributed by atoms with Gasteiger partial charge in [-0.05, 0) is 0 Å². The van der Waals surface area contributed by atoms with Crippen LogP contribution in [0.5, 0.6) is 0 Å². The first-order chi connectivity index (χ1) is 17.1. The first-order valence-corrected chi connectivity index (χ1v) is 17.5. The Hall–Kier alpha value is -1.60. The fourth-order valence-corrected chi connectivity index (χ4v) is 12.0. The number of nitrogens with one attached hydrogen (secondary N) is 1. The molecule has 0 radical (unpaired) electrons. The number of aromatic nitrogens is 2. The molecule has 1 amide bonds. The van der Waals surface area contributed by atoms with E-state index in [1.807, 2.05) is 0 Å². The zero-order chi connectivity index (χ0) is 25.7. The van der Waals surface area contributed by atoms with Crippen LogP contribution in [0.15, 0.2) is 35.5 Å². The number of benzene rings is 1. The summed E-state index contributed by atoms with van der Waals surface area (Å²) in [5, 5.41) is 14.4. The summed E-state index contributed by atoms with van der Waals surface area (Å²) in [7, 11) is -3.09. The number of carbonyl (C=O) groups excluding carboxylic acids is 1. The third-order valence-corrected chi connectivity index (χ3v) is 14.8. The van der Waals surface area contributed by atoms with Crippen molar-refractivity contribution in [2.75, 3.05) is 12.0 Å². The Morgan fingerprint density at radius 1 is 1.19 bits per heavy atom. The molecule has 2 atom stereocenters. The summed E-state index contributed by atoms with van der Waals surface area (Å²) in [4.78, 5) is 24.6. The second-order valence-corrected chi connectivity index (χ2v) is 16.5. The van der Waals surface area contributed by atoms with Gasteiger partial charge in [0.2, 0.25) is 0 Å². The van der Waals surface area contributed by atoms with Crippen molar-refractivity contribution in [1.29, 1.82) is 0 Å². The van der Waals surface area contributed by atoms with Gasteiger partial charge in [0.05, 0.1) is 0 Å². The van der Waals surface area contributed by atoms with Crippen molar-refractivity contribution in [3.05, 3.63) is 41.6 Å². The van der Waals surface area contributed by atoms with Crippen molar-refractivity contribution in [3.8, 4) is 5.69 Å². The molecule has 0 spiro atoms. The van der Waals surface area contributed by atoms with Gasteiger partial charge in [-0.2, -0.15) is 0 Å². The minimum atomic E-state index is -3.09. The van der Waals surface area contributed by atoms with E-state index in [1.54, 1.807) is 34.8 Å². The molecule has 1 aromatic heterocycles. The molecule has 4 bridgehead atoms. The molecule has 4 saturated carbocycles. The number of rotatable bonds is 9. The van der Waals surface area contributed by atoms with E-state index in [0.29, 0.717) is 32.9 Å². The molecule has 2 unspecified atom stereocenters. The summed E-state index contributed by atoms with van der Waals surface area (Å²) < 4.78 is 30.1. The van der Waals surface area contributed by atoms with Crippen molar-refractivity contribution in [3.63, 3.8) is 0 Å². The number of hydrogen-bond acceptors (Lipinski definition) is 6. The Labute approximate surface area is 226 Å². The van der Waals surface area contributed by atoms with E-state index in [2.05, 4.69) is 15.6 Å². The zero-order valence-electron chi connectivity index (χ0n) is 20.3. The van der Waals surface area contributed by atoms with E-state index in [9.17, 15) is 23.1 Å². The van der Waals surface area contributed by atoms with Crippen molar-refractivity contribution in [1.82, 2.24) is 13.3 Å². The molecule has 11 heteroatoms. The maximum atomic E-state index is 13.4. The molecule has 0 aliphatic heterocycles. The first kappa shape index (κ1) is 26.0. The number of nitrogens with zero attached hydrogens (tertiary/aromatic N) is 2. The van der Waals surface area contributed by atoms with Crippen LogP contribution in [0.4, 0.5) is 0 Å². The van der Waals surface area contributed by atoms with Gasteiger partial charge in [-0.1, -0.05) is 0 Å². The number of hydrogen-bond donors (Lipinski definition) is 2. The summed E-state index contributed by atoms with van der Waals surface area (Å²) in [5.74, 6) is 1.01. The number of halogens is 1. The number of alkyl halides is 1. The van der Waals surface area contributed by atoms with Crippen LogP contribution >= 0.6 is 11.8 Å². The normalized spacial score (nSPS) is 28.9. The average Bonchev–Trinajstić information content (AvgIpc) is 3.25. The van der Waals surface area contributed by atoms with Gasteiger partial charge < -0.3 is 0 Å². The zero-order valence-corrected chi connectivity index (χ0v) is 24.1. The predicted octanol–water partition coefficient (Wildman–Crippen LogP) is 0.798. The molecule has 4 fully saturated rings. The van der Waals surface area contributed by atoms with Gasteiger partial charge in [0.15, 0.2) is 0 Å². The third kappa shape index (κ3) is 4.70. The number of aromatic carboxylic acids is 1. The van der Waals surface area contributed by atoms with Crippen LogP contribution < -0.4 is 25.0 Å². The molecule has 1 aromatic carbocycles. The summed E-state index contributed by atoms with van der Waals surface area (Å²) in [6.07, 6.45) is 8.46. The van der Waals surface area contributed by atoms with Gasteiger partial charge in [-0.25, -0.2) is 0 Å². The van der Waals surface area contributed by atoms with Gasteiger partial charge in [0.25, 0.3) is 0 Å². The van der Waals surface area contributed by atoms with Crippen LogP contribution in [-0.2, 0) is 9.84 Å². The van der Waals surface area contributed by atoms with E-state index in [4.69, 9.17) is 0 Å². The molecule has 6 rings (SSSR count). The van der Waals surface area contributed by atoms with Crippen LogP contribution in [0.2, 0.25) is 0 Å². The Bertz CT molecular complexity index is 1260. The number of carboxylic acid groups (broad SMARTS) is 1. The van der Waals surface area contributed by atoms with Gasteiger partial charge in [-0.15, -0.1) is 0 Å². The number of sulfone groups is 1. The molecule has 2 N–H and O–H groups in total. The minimum absolute atomic E-state index is 0.124. The topological polar surface area (TPSA) is 118 Å². The number of amides is 1. The Morgan fingerprint density at radius 2 is 1.86 bits per heavy atom. The summed E-state index contributed by atoms with van der Waals surface area (Å²) in [5.41, 5.74) is 1.44. The molecule has 36 heavy (non-hydrogen) atoms. The molecule has 2 aromatic rings. The van der Waals surface area contributed by atoms with Crippen LogP contribution in [0.25, 0.3) is 5.69 Å². The average molecular weight is 645 g/mol. The standard InChI is InChI=1S/C25H31IN3O5S2/c1-3-8-35-23-20(14-27-29(23)19-6-4-16(5-7-19)24(31)32)22(30)28-26-21-17-9-15-10-18(21)13-25(11-15,12-17)36(2,33)34/h4-7,14-15,17-18,21H,3,8-13H2,1-2H3,(H,28,30)(H,31,32)/q-1. The molecule has 1 heterocycles. The summed E-state index contributed by atoms with van der Waals surface area (Å²) in [6.45, 7) is 2.08. The van der Waals surface area contributed by atoms with Crippen LogP contribution in [0, 0.1) is 17.8 Å². The van der Waals surface area contributed by atoms with E-state index in [-0.39, 0.29) is 11.5 Å². The quantitative estimate of drug-likeness (QED) is 0.180. The fourth-order valence-electron chi connectivity index (χ4n) is 6.44. The molecular formula is C25H31IN3O5S2-. The molecule has 8 nitrogen and oxygen atoms in total. The number of carboxylic acids is 1. The van der Waals surface area contributed by atoms with Crippen LogP contribution in [0.3, 0.4) is 0 Å². The Morgan fingerprint density at radius 3 is 2.44 bits per heavy atom. The van der Waals surface area contributed by atoms with Crippen molar-refractivity contribution < 1.29 is 44.6 Å². The van der Waals surface area contributed by atoms with Crippen molar-refractivity contribution >= 4 is 33.5 Å². The van der Waals surface area contributed by atoms with Gasteiger partial charge in [0, 0.05) is 0 Å². The maximum absolute atomic E-state index is 13.4. The van der Waals surface area contributed by atoms with E-state index >= 15 is 0 Å². The van der Waals surface area contributed by atoms with Crippen molar-refractivity contribution in [2.24, 2.45) is 17.8 Å². The Kier molecular flexibility index (Phi) is 7.18. The number of thioether (sulfide) groups is 1. The number of carbonyl (C=O) groups is 2. The van der Waals surface area contributed by atoms with Crippen molar-refractivity contribution in [2.45, 2.75) is 59.1 Å². The van der Waals surface area contributed by atoms with E-state index in [0.717, 1.165) is 49.3 Å². The summed E-state index contributed by atoms with van der Waals surface area (Å²) >= 11 is 0.923. The second-order valence-electron chi connectivity index (χ2n) is 10.4. The SMILES string of the molecule is CCCSc1c(C(=O)N[I-]C2C3CC4CC2CC(S(C)(=O)=O)(C4)C3)cnn1-c1ccc(C(=O)O)cc1. The van der Waals surface area contributed by atoms with E-state index in [1.165, 1.54) is 18.4 Å². The van der Waals surface area contributed by atoms with Crippen LogP contribution in [0.1, 0.15) is 66.2 Å². The molecular weight excluding hydrogens is 613 g/mol. The second kappa shape index (κ2) is 9.94. The molecule has 196 valence electrons. The molecule has 0 saturated heterocycles. The Balaban J connectivity index is 1.32. The fraction of sp³-hybridized carbons (Fsp3) is 0.560. The van der Waals surface area contributed by atoms with Gasteiger partial charge in [0.1, 0.15) is 0 Å².